The first kappa shape index (κ1) is 20.2. The van der Waals surface area contributed by atoms with Crippen LogP contribution in [-0.4, -0.2) is 46.5 Å². The van der Waals surface area contributed by atoms with Crippen molar-refractivity contribution in [3.8, 4) is 28.7 Å². The van der Waals surface area contributed by atoms with E-state index in [1.165, 1.54) is 0 Å². The number of fused-ring (bicyclic) bond motifs is 1. The van der Waals surface area contributed by atoms with Crippen molar-refractivity contribution in [3.05, 3.63) is 41.5 Å². The lowest BCUT2D eigenvalue weighted by Gasteiger charge is -2.16. The quantitative estimate of drug-likeness (QED) is 0.676. The van der Waals surface area contributed by atoms with Gasteiger partial charge in [-0.15, -0.1) is 0 Å². The van der Waals surface area contributed by atoms with Gasteiger partial charge in [-0.05, 0) is 12.1 Å². The Balaban J connectivity index is 1.35. The first-order valence-corrected chi connectivity index (χ1v) is 9.81. The van der Waals surface area contributed by atoms with Crippen LogP contribution in [0.15, 0.2) is 35.5 Å². The minimum atomic E-state index is -0.0768. The number of oxime groups is 1. The zero-order chi connectivity index (χ0) is 20.9. The second-order valence-corrected chi connectivity index (χ2v) is 7.04. The Morgan fingerprint density at radius 3 is 2.57 bits per heavy atom. The summed E-state index contributed by atoms with van der Waals surface area (Å²) in [5, 5.41) is 7.66. The molecule has 8 heteroatoms. The fraction of sp³-hybridized carbons (Fsp3) is 0.409. The van der Waals surface area contributed by atoms with Crippen molar-refractivity contribution >= 4 is 5.71 Å². The van der Waals surface area contributed by atoms with E-state index in [0.717, 1.165) is 29.0 Å². The summed E-state index contributed by atoms with van der Waals surface area (Å²) in [5.41, 5.74) is 3.01. The Labute approximate surface area is 175 Å². The van der Waals surface area contributed by atoms with Crippen molar-refractivity contribution in [2.24, 2.45) is 5.16 Å². The highest BCUT2D eigenvalue weighted by atomic mass is 16.7. The summed E-state index contributed by atoms with van der Waals surface area (Å²) in [4.78, 5) is 5.66. The van der Waals surface area contributed by atoms with Crippen molar-refractivity contribution in [3.63, 3.8) is 0 Å². The largest absolute Gasteiger partial charge is 0.496 e. The average Bonchev–Trinajstić information content (AvgIpc) is 3.43. The van der Waals surface area contributed by atoms with E-state index in [-0.39, 0.29) is 12.9 Å². The predicted molar refractivity (Wildman–Crippen MR) is 111 cm³/mol. The van der Waals surface area contributed by atoms with Crippen LogP contribution < -0.4 is 29.0 Å². The van der Waals surface area contributed by atoms with E-state index in [2.05, 4.69) is 10.5 Å². The van der Waals surface area contributed by atoms with E-state index in [1.54, 1.807) is 21.3 Å². The van der Waals surface area contributed by atoms with E-state index < -0.39 is 0 Å². The molecule has 0 fully saturated rings. The molecule has 0 aliphatic carbocycles. The number of nitrogens with zero attached hydrogens (tertiary/aromatic N) is 1. The van der Waals surface area contributed by atoms with Gasteiger partial charge in [-0.25, -0.2) is 0 Å². The Kier molecular flexibility index (Phi) is 6.13. The van der Waals surface area contributed by atoms with Crippen LogP contribution in [0.1, 0.15) is 17.5 Å². The molecule has 0 aromatic heterocycles. The van der Waals surface area contributed by atoms with E-state index in [1.807, 2.05) is 30.3 Å². The normalized spacial score (nSPS) is 16.8. The van der Waals surface area contributed by atoms with E-state index in [9.17, 15) is 0 Å². The maximum atomic E-state index is 5.66. The topological polar surface area (TPSA) is 79.8 Å². The van der Waals surface area contributed by atoms with Gasteiger partial charge in [0.15, 0.2) is 11.5 Å². The molecular weight excluding hydrogens is 388 g/mol. The van der Waals surface area contributed by atoms with Gasteiger partial charge in [0.05, 0.1) is 27.0 Å². The fourth-order valence-corrected chi connectivity index (χ4v) is 3.73. The predicted octanol–water partition coefficient (Wildman–Crippen LogP) is 2.92. The highest BCUT2D eigenvalue weighted by Gasteiger charge is 2.30. The Morgan fingerprint density at radius 2 is 1.77 bits per heavy atom. The Hall–Kier alpha value is -3.13. The van der Waals surface area contributed by atoms with Crippen LogP contribution >= 0.6 is 0 Å². The van der Waals surface area contributed by atoms with Gasteiger partial charge in [0.2, 0.25) is 18.3 Å². The third-order valence-electron chi connectivity index (χ3n) is 5.14. The summed E-state index contributed by atoms with van der Waals surface area (Å²) < 4.78 is 27.5. The SMILES string of the molecule is COc1ccccc1CNCC1=NO[C@H](Cc2cc(OC)c3c(c2OC)OCO3)C1. The first-order valence-electron chi connectivity index (χ1n) is 9.81. The molecule has 0 bridgehead atoms. The van der Waals surface area contributed by atoms with Crippen molar-refractivity contribution in [1.82, 2.24) is 5.32 Å². The number of hydrogen-bond donors (Lipinski definition) is 1. The lowest BCUT2D eigenvalue weighted by molar-refractivity contribution is 0.0853. The molecule has 1 atom stereocenters. The molecule has 2 aliphatic heterocycles. The molecule has 2 aromatic carbocycles. The summed E-state index contributed by atoms with van der Waals surface area (Å²) in [6, 6.07) is 9.87. The van der Waals surface area contributed by atoms with Crippen molar-refractivity contribution in [2.75, 3.05) is 34.7 Å². The van der Waals surface area contributed by atoms with Gasteiger partial charge < -0.3 is 33.8 Å². The zero-order valence-corrected chi connectivity index (χ0v) is 17.4. The molecule has 1 N–H and O–H groups in total. The zero-order valence-electron chi connectivity index (χ0n) is 17.4. The molecule has 0 saturated carbocycles. The average molecular weight is 414 g/mol. The Bertz CT molecular complexity index is 930. The molecule has 4 rings (SSSR count). The van der Waals surface area contributed by atoms with Crippen LogP contribution in [0.25, 0.3) is 0 Å². The molecule has 30 heavy (non-hydrogen) atoms. The molecule has 160 valence electrons. The molecule has 0 spiro atoms. The third-order valence-corrected chi connectivity index (χ3v) is 5.14. The number of para-hydroxylation sites is 1. The van der Waals surface area contributed by atoms with Gasteiger partial charge in [0.1, 0.15) is 11.9 Å². The molecular formula is C22H26N2O6. The van der Waals surface area contributed by atoms with Crippen LogP contribution in [0.4, 0.5) is 0 Å². The summed E-state index contributed by atoms with van der Waals surface area (Å²) in [5.74, 6) is 3.29. The van der Waals surface area contributed by atoms with E-state index in [4.69, 9.17) is 28.5 Å². The molecule has 0 saturated heterocycles. The molecule has 8 nitrogen and oxygen atoms in total. The summed E-state index contributed by atoms with van der Waals surface area (Å²) in [6.07, 6.45) is 1.28. The van der Waals surface area contributed by atoms with Gasteiger partial charge in [-0.3, -0.25) is 0 Å². The summed E-state index contributed by atoms with van der Waals surface area (Å²) in [6.45, 7) is 1.49. The second-order valence-electron chi connectivity index (χ2n) is 7.04. The van der Waals surface area contributed by atoms with Crippen LogP contribution in [0.3, 0.4) is 0 Å². The van der Waals surface area contributed by atoms with E-state index >= 15 is 0 Å². The Morgan fingerprint density at radius 1 is 0.967 bits per heavy atom. The highest BCUT2D eigenvalue weighted by molar-refractivity contribution is 5.87. The maximum absolute atomic E-state index is 5.66. The molecule has 2 aromatic rings. The monoisotopic (exact) mass is 414 g/mol. The highest BCUT2D eigenvalue weighted by Crippen LogP contribution is 2.49. The molecule has 2 heterocycles. The van der Waals surface area contributed by atoms with Crippen molar-refractivity contribution in [1.29, 1.82) is 0 Å². The van der Waals surface area contributed by atoms with Crippen LogP contribution in [0.2, 0.25) is 0 Å². The first-order chi connectivity index (χ1) is 14.7. The molecule has 0 radical (unpaired) electrons. The van der Waals surface area contributed by atoms with Crippen LogP contribution in [-0.2, 0) is 17.8 Å². The number of methoxy groups -OCH3 is 3. The van der Waals surface area contributed by atoms with E-state index in [0.29, 0.717) is 42.5 Å². The lowest BCUT2D eigenvalue weighted by Crippen LogP contribution is -2.23. The summed E-state index contributed by atoms with van der Waals surface area (Å²) in [7, 11) is 4.90. The minimum Gasteiger partial charge on any atom is -0.496 e. The van der Waals surface area contributed by atoms with Gasteiger partial charge in [-0.2, -0.15) is 0 Å². The maximum Gasteiger partial charge on any atom is 0.231 e. The molecule has 2 aliphatic rings. The third kappa shape index (κ3) is 4.09. The van der Waals surface area contributed by atoms with Gasteiger partial charge in [-0.1, -0.05) is 23.4 Å². The standard InChI is InChI=1S/C22H26N2O6/c1-25-18-7-5-4-6-14(18)11-23-12-16-10-17(30-24-16)8-15-9-19(26-2)21-22(20(15)27-3)29-13-28-21/h4-7,9,17,23H,8,10-13H2,1-3H3/t17-/m1/s1. The van der Waals surface area contributed by atoms with Crippen LogP contribution in [0.5, 0.6) is 28.7 Å². The lowest BCUT2D eigenvalue weighted by atomic mass is 10.0. The van der Waals surface area contributed by atoms with Gasteiger partial charge in [0, 0.05) is 37.1 Å². The number of nitrogens with one attached hydrogen (secondary N) is 1. The van der Waals surface area contributed by atoms with Crippen molar-refractivity contribution < 1.29 is 28.5 Å². The number of hydrogen-bond acceptors (Lipinski definition) is 8. The smallest absolute Gasteiger partial charge is 0.231 e. The number of benzene rings is 2. The van der Waals surface area contributed by atoms with Crippen molar-refractivity contribution in [2.45, 2.75) is 25.5 Å². The molecule has 0 amide bonds. The van der Waals surface area contributed by atoms with Gasteiger partial charge >= 0.3 is 0 Å². The number of ether oxygens (including phenoxy) is 5. The summed E-state index contributed by atoms with van der Waals surface area (Å²) >= 11 is 0. The van der Waals surface area contributed by atoms with Gasteiger partial charge in [0.25, 0.3) is 0 Å². The minimum absolute atomic E-state index is 0.0768. The second kappa shape index (κ2) is 9.13. The fourth-order valence-electron chi connectivity index (χ4n) is 3.73. The number of rotatable bonds is 9. The van der Waals surface area contributed by atoms with Crippen LogP contribution in [0, 0.1) is 0 Å². The molecule has 0 unspecified atom stereocenters.